The number of nitrogens with zero attached hydrogens (tertiary/aromatic N) is 2. The highest BCUT2D eigenvalue weighted by atomic mass is 16.4. The number of aromatic nitrogens is 2. The molecule has 0 aliphatic rings. The number of hydrogen-bond acceptors (Lipinski definition) is 3. The number of amides is 1. The highest BCUT2D eigenvalue weighted by Gasteiger charge is 2.14. The Balaban J connectivity index is 2.03. The summed E-state index contributed by atoms with van der Waals surface area (Å²) in [6.07, 6.45) is 1.98. The molecule has 0 saturated carbocycles. The Morgan fingerprint density at radius 3 is 2.67 bits per heavy atom. The van der Waals surface area contributed by atoms with E-state index in [0.29, 0.717) is 18.5 Å². The minimum absolute atomic E-state index is 0.0442. The third-order valence-corrected chi connectivity index (χ3v) is 3.11. The van der Waals surface area contributed by atoms with Gasteiger partial charge >= 0.3 is 5.97 Å². The van der Waals surface area contributed by atoms with E-state index in [1.165, 1.54) is 6.20 Å². The lowest BCUT2D eigenvalue weighted by atomic mass is 10.2. The first-order chi connectivity index (χ1) is 10.1. The molecule has 2 aromatic rings. The molecule has 21 heavy (non-hydrogen) atoms. The highest BCUT2D eigenvalue weighted by Crippen LogP contribution is 2.13. The molecule has 2 N–H and O–H groups in total. The zero-order valence-electron chi connectivity index (χ0n) is 11.7. The van der Waals surface area contributed by atoms with E-state index in [9.17, 15) is 9.59 Å². The molecule has 0 fully saturated rings. The van der Waals surface area contributed by atoms with Crippen molar-refractivity contribution in [1.29, 1.82) is 0 Å². The predicted molar refractivity (Wildman–Crippen MR) is 77.5 cm³/mol. The number of benzene rings is 1. The van der Waals surface area contributed by atoms with E-state index in [4.69, 9.17) is 5.11 Å². The van der Waals surface area contributed by atoms with Crippen LogP contribution in [0.2, 0.25) is 0 Å². The molecule has 2 rings (SSSR count). The van der Waals surface area contributed by atoms with Gasteiger partial charge in [0, 0.05) is 13.0 Å². The van der Waals surface area contributed by atoms with Crippen LogP contribution in [0.3, 0.4) is 0 Å². The fourth-order valence-electron chi connectivity index (χ4n) is 2.00. The molecule has 110 valence electrons. The molecule has 0 aliphatic carbocycles. The van der Waals surface area contributed by atoms with Gasteiger partial charge in [-0.15, -0.1) is 0 Å². The number of para-hydroxylation sites is 1. The maximum absolute atomic E-state index is 12.0. The van der Waals surface area contributed by atoms with E-state index in [1.807, 2.05) is 37.3 Å². The molecule has 0 aliphatic heterocycles. The normalized spacial score (nSPS) is 10.3. The zero-order chi connectivity index (χ0) is 15.2. The van der Waals surface area contributed by atoms with Crippen LogP contribution in [0.5, 0.6) is 0 Å². The van der Waals surface area contributed by atoms with E-state index in [1.54, 1.807) is 4.68 Å². The van der Waals surface area contributed by atoms with Crippen LogP contribution in [0.25, 0.3) is 5.69 Å². The third-order valence-electron chi connectivity index (χ3n) is 3.11. The molecule has 0 radical (unpaired) electrons. The Bertz CT molecular complexity index is 635. The monoisotopic (exact) mass is 287 g/mol. The first kappa shape index (κ1) is 14.8. The second kappa shape index (κ2) is 6.69. The molecule has 0 atom stereocenters. The molecule has 1 amide bonds. The lowest BCUT2D eigenvalue weighted by Gasteiger charge is -2.06. The second-order valence-corrected chi connectivity index (χ2v) is 4.64. The number of rotatable bonds is 6. The van der Waals surface area contributed by atoms with E-state index in [0.717, 1.165) is 11.4 Å². The SMILES string of the molecule is Cc1c(C(=O)NCCCC(=O)O)cnn1-c1ccccc1. The average Bonchev–Trinajstić information content (AvgIpc) is 2.86. The Hall–Kier alpha value is -2.63. The van der Waals surface area contributed by atoms with Crippen molar-refractivity contribution in [2.75, 3.05) is 6.54 Å². The van der Waals surface area contributed by atoms with Gasteiger partial charge in [0.15, 0.2) is 0 Å². The number of carbonyl (C=O) groups is 2. The molecule has 1 aromatic carbocycles. The maximum Gasteiger partial charge on any atom is 0.303 e. The number of carboxylic acids is 1. The quantitative estimate of drug-likeness (QED) is 0.793. The van der Waals surface area contributed by atoms with Crippen LogP contribution in [0.1, 0.15) is 28.9 Å². The molecule has 6 nitrogen and oxygen atoms in total. The van der Waals surface area contributed by atoms with Crippen LogP contribution in [0.4, 0.5) is 0 Å². The van der Waals surface area contributed by atoms with Crippen molar-refractivity contribution < 1.29 is 14.7 Å². The lowest BCUT2D eigenvalue weighted by molar-refractivity contribution is -0.137. The van der Waals surface area contributed by atoms with Gasteiger partial charge in [-0.05, 0) is 25.5 Å². The van der Waals surface area contributed by atoms with Crippen LogP contribution in [-0.4, -0.2) is 33.3 Å². The van der Waals surface area contributed by atoms with Gasteiger partial charge in [0.05, 0.1) is 23.1 Å². The largest absolute Gasteiger partial charge is 0.481 e. The molecule has 0 unspecified atom stereocenters. The van der Waals surface area contributed by atoms with E-state index in [-0.39, 0.29) is 12.3 Å². The van der Waals surface area contributed by atoms with Gasteiger partial charge in [-0.2, -0.15) is 5.10 Å². The summed E-state index contributed by atoms with van der Waals surface area (Å²) in [5.74, 6) is -1.10. The standard InChI is InChI=1S/C15H17N3O3/c1-11-13(15(21)16-9-5-8-14(19)20)10-17-18(11)12-6-3-2-4-7-12/h2-4,6-7,10H,5,8-9H2,1H3,(H,16,21)(H,19,20). The van der Waals surface area contributed by atoms with Crippen molar-refractivity contribution in [2.45, 2.75) is 19.8 Å². The van der Waals surface area contributed by atoms with Gasteiger partial charge in [0.1, 0.15) is 0 Å². The van der Waals surface area contributed by atoms with Crippen molar-refractivity contribution in [3.05, 3.63) is 47.8 Å². The summed E-state index contributed by atoms with van der Waals surface area (Å²) in [4.78, 5) is 22.4. The maximum atomic E-state index is 12.0. The average molecular weight is 287 g/mol. The molecule has 1 aromatic heterocycles. The lowest BCUT2D eigenvalue weighted by Crippen LogP contribution is -2.25. The van der Waals surface area contributed by atoms with Gasteiger partial charge in [0.2, 0.25) is 0 Å². The van der Waals surface area contributed by atoms with Crippen molar-refractivity contribution in [1.82, 2.24) is 15.1 Å². The minimum Gasteiger partial charge on any atom is -0.481 e. The molecule has 0 spiro atoms. The van der Waals surface area contributed by atoms with Crippen LogP contribution in [0, 0.1) is 6.92 Å². The molecular formula is C15H17N3O3. The number of carboxylic acid groups (broad SMARTS) is 1. The van der Waals surface area contributed by atoms with E-state index >= 15 is 0 Å². The Morgan fingerprint density at radius 2 is 2.00 bits per heavy atom. The molecule has 6 heteroatoms. The van der Waals surface area contributed by atoms with Crippen molar-refractivity contribution in [3.8, 4) is 5.69 Å². The van der Waals surface area contributed by atoms with Crippen LogP contribution in [0.15, 0.2) is 36.5 Å². The number of nitrogens with one attached hydrogen (secondary N) is 1. The number of aliphatic carboxylic acids is 1. The predicted octanol–water partition coefficient (Wildman–Crippen LogP) is 1.78. The van der Waals surface area contributed by atoms with Gasteiger partial charge in [-0.1, -0.05) is 18.2 Å². The fraction of sp³-hybridized carbons (Fsp3) is 0.267. The highest BCUT2D eigenvalue weighted by molar-refractivity contribution is 5.95. The summed E-state index contributed by atoms with van der Waals surface area (Å²) >= 11 is 0. The number of hydrogen-bond donors (Lipinski definition) is 2. The Labute approximate surface area is 122 Å². The van der Waals surface area contributed by atoms with Gasteiger partial charge in [-0.25, -0.2) is 4.68 Å². The summed E-state index contributed by atoms with van der Waals surface area (Å²) in [6, 6.07) is 9.55. The van der Waals surface area contributed by atoms with Crippen LogP contribution < -0.4 is 5.32 Å². The molecule has 0 saturated heterocycles. The van der Waals surface area contributed by atoms with Gasteiger partial charge in [0.25, 0.3) is 5.91 Å². The summed E-state index contributed by atoms with van der Waals surface area (Å²) in [6.45, 7) is 2.16. The second-order valence-electron chi connectivity index (χ2n) is 4.64. The van der Waals surface area contributed by atoms with Crippen molar-refractivity contribution >= 4 is 11.9 Å². The Kier molecular flexibility index (Phi) is 4.71. The van der Waals surface area contributed by atoms with Crippen molar-refractivity contribution in [3.63, 3.8) is 0 Å². The topological polar surface area (TPSA) is 84.2 Å². The first-order valence-electron chi connectivity index (χ1n) is 6.69. The van der Waals surface area contributed by atoms with Crippen LogP contribution >= 0.6 is 0 Å². The first-order valence-corrected chi connectivity index (χ1v) is 6.69. The van der Waals surface area contributed by atoms with Crippen LogP contribution in [-0.2, 0) is 4.79 Å². The molecule has 1 heterocycles. The summed E-state index contributed by atoms with van der Waals surface area (Å²) < 4.78 is 1.70. The molecule has 0 bridgehead atoms. The fourth-order valence-corrected chi connectivity index (χ4v) is 2.00. The van der Waals surface area contributed by atoms with Gasteiger partial charge in [-0.3, -0.25) is 9.59 Å². The minimum atomic E-state index is -0.864. The van der Waals surface area contributed by atoms with E-state index in [2.05, 4.69) is 10.4 Å². The van der Waals surface area contributed by atoms with Gasteiger partial charge < -0.3 is 10.4 Å². The third kappa shape index (κ3) is 3.68. The summed E-state index contributed by atoms with van der Waals surface area (Å²) in [5, 5.41) is 15.5. The summed E-state index contributed by atoms with van der Waals surface area (Å²) in [7, 11) is 0. The molecular weight excluding hydrogens is 270 g/mol. The smallest absolute Gasteiger partial charge is 0.303 e. The number of carbonyl (C=O) groups excluding carboxylic acids is 1. The van der Waals surface area contributed by atoms with Crippen molar-refractivity contribution in [2.24, 2.45) is 0 Å². The zero-order valence-corrected chi connectivity index (χ0v) is 11.7. The Morgan fingerprint density at radius 1 is 1.29 bits per heavy atom. The van der Waals surface area contributed by atoms with E-state index < -0.39 is 5.97 Å². The summed E-state index contributed by atoms with van der Waals surface area (Å²) in [5.41, 5.74) is 2.13.